The van der Waals surface area contributed by atoms with Gasteiger partial charge < -0.3 is 5.73 Å². The molecule has 0 fully saturated rings. The zero-order valence-electron chi connectivity index (χ0n) is 11.4. The Labute approximate surface area is 118 Å². The lowest BCUT2D eigenvalue weighted by Crippen LogP contribution is -2.09. The Balaban J connectivity index is 2.43. The van der Waals surface area contributed by atoms with Gasteiger partial charge in [0, 0.05) is 0 Å². The molecule has 0 amide bonds. The Morgan fingerprint density at radius 3 is 2.45 bits per heavy atom. The third-order valence-corrected chi connectivity index (χ3v) is 4.87. The maximum absolute atomic E-state index is 13.1. The molecule has 0 aromatic heterocycles. The van der Waals surface area contributed by atoms with Gasteiger partial charge in [0.05, 0.1) is 16.3 Å². The summed E-state index contributed by atoms with van der Waals surface area (Å²) in [7, 11) is -3.55. The first kappa shape index (κ1) is 14.5. The number of benzene rings is 2. The van der Waals surface area contributed by atoms with Crippen molar-refractivity contribution in [2.75, 3.05) is 5.73 Å². The molecule has 0 atom stereocenters. The number of halogens is 1. The van der Waals surface area contributed by atoms with Crippen molar-refractivity contribution in [1.82, 2.24) is 0 Å². The first-order valence-electron chi connectivity index (χ1n) is 6.13. The summed E-state index contributed by atoms with van der Waals surface area (Å²) in [4.78, 5) is 0.126. The Morgan fingerprint density at radius 1 is 1.10 bits per heavy atom. The van der Waals surface area contributed by atoms with Crippen molar-refractivity contribution < 1.29 is 12.8 Å². The summed E-state index contributed by atoms with van der Waals surface area (Å²) in [5, 5.41) is 0. The quantitative estimate of drug-likeness (QED) is 0.885. The van der Waals surface area contributed by atoms with Gasteiger partial charge in [-0.2, -0.15) is 0 Å². The molecule has 2 aromatic rings. The Kier molecular flexibility index (Phi) is 3.81. The highest BCUT2D eigenvalue weighted by atomic mass is 32.2. The number of hydrogen-bond donors (Lipinski definition) is 1. The van der Waals surface area contributed by atoms with E-state index in [0.29, 0.717) is 11.1 Å². The van der Waals surface area contributed by atoms with Gasteiger partial charge in [-0.1, -0.05) is 12.1 Å². The van der Waals surface area contributed by atoms with Crippen LogP contribution in [-0.4, -0.2) is 8.42 Å². The van der Waals surface area contributed by atoms with E-state index in [1.54, 1.807) is 25.1 Å². The minimum absolute atomic E-state index is 0.126. The van der Waals surface area contributed by atoms with E-state index in [0.717, 1.165) is 5.56 Å². The summed E-state index contributed by atoms with van der Waals surface area (Å²) >= 11 is 0. The minimum Gasteiger partial charge on any atom is -0.398 e. The maximum Gasteiger partial charge on any atom is 0.184 e. The molecule has 0 radical (unpaired) electrons. The Morgan fingerprint density at radius 2 is 1.80 bits per heavy atom. The van der Waals surface area contributed by atoms with E-state index in [1.165, 1.54) is 18.2 Å². The molecule has 2 aromatic carbocycles. The molecule has 2 rings (SSSR count). The van der Waals surface area contributed by atoms with Crippen molar-refractivity contribution in [3.8, 4) is 0 Å². The molecule has 0 bridgehead atoms. The van der Waals surface area contributed by atoms with Gasteiger partial charge in [-0.25, -0.2) is 12.8 Å². The molecular weight excluding hydrogens is 277 g/mol. The Bertz CT molecular complexity index is 754. The standard InChI is InChI=1S/C15H16FNO2S/c1-10-3-6-14(17)15(7-10)20(18,19)9-12-4-5-13(16)8-11(12)2/h3-8H,9,17H2,1-2H3. The summed E-state index contributed by atoms with van der Waals surface area (Å²) in [6.45, 7) is 3.50. The zero-order valence-corrected chi connectivity index (χ0v) is 12.2. The average Bonchev–Trinajstić information content (AvgIpc) is 2.35. The molecule has 0 aliphatic rings. The number of rotatable bonds is 3. The van der Waals surface area contributed by atoms with E-state index in [2.05, 4.69) is 0 Å². The molecule has 0 aliphatic heterocycles. The fourth-order valence-electron chi connectivity index (χ4n) is 2.01. The molecule has 20 heavy (non-hydrogen) atoms. The van der Waals surface area contributed by atoms with Crippen LogP contribution in [0.25, 0.3) is 0 Å². The highest BCUT2D eigenvalue weighted by molar-refractivity contribution is 7.90. The predicted octanol–water partition coefficient (Wildman–Crippen LogP) is 3.00. The molecule has 3 nitrogen and oxygen atoms in total. The number of hydrogen-bond acceptors (Lipinski definition) is 3. The summed E-state index contributed by atoms with van der Waals surface area (Å²) in [5.41, 5.74) is 8.00. The van der Waals surface area contributed by atoms with Crippen LogP contribution in [0.5, 0.6) is 0 Å². The third kappa shape index (κ3) is 2.99. The molecule has 0 heterocycles. The summed E-state index contributed by atoms with van der Waals surface area (Å²) in [6, 6.07) is 8.98. The van der Waals surface area contributed by atoms with Crippen molar-refractivity contribution in [3.05, 3.63) is 58.9 Å². The van der Waals surface area contributed by atoms with Crippen LogP contribution in [0.3, 0.4) is 0 Å². The second kappa shape index (κ2) is 5.25. The predicted molar refractivity (Wildman–Crippen MR) is 77.6 cm³/mol. The lowest BCUT2D eigenvalue weighted by atomic mass is 10.1. The highest BCUT2D eigenvalue weighted by Crippen LogP contribution is 2.25. The monoisotopic (exact) mass is 293 g/mol. The van der Waals surface area contributed by atoms with Gasteiger partial charge in [0.1, 0.15) is 5.82 Å². The average molecular weight is 293 g/mol. The van der Waals surface area contributed by atoms with Gasteiger partial charge in [0.2, 0.25) is 0 Å². The first-order chi connectivity index (χ1) is 9.29. The second-order valence-electron chi connectivity index (χ2n) is 4.87. The normalized spacial score (nSPS) is 11.6. The topological polar surface area (TPSA) is 60.2 Å². The number of nitrogen functional groups attached to an aromatic ring is 1. The number of aryl methyl sites for hydroxylation is 2. The second-order valence-corrected chi connectivity index (χ2v) is 6.83. The van der Waals surface area contributed by atoms with Crippen LogP contribution >= 0.6 is 0 Å². The number of nitrogens with two attached hydrogens (primary N) is 1. The van der Waals surface area contributed by atoms with Crippen LogP contribution in [0.1, 0.15) is 16.7 Å². The maximum atomic E-state index is 13.1. The zero-order chi connectivity index (χ0) is 14.9. The molecule has 2 N–H and O–H groups in total. The van der Waals surface area contributed by atoms with Crippen molar-refractivity contribution in [3.63, 3.8) is 0 Å². The summed E-state index contributed by atoms with van der Waals surface area (Å²) < 4.78 is 37.9. The number of sulfone groups is 1. The van der Waals surface area contributed by atoms with Crippen molar-refractivity contribution in [2.45, 2.75) is 24.5 Å². The van der Waals surface area contributed by atoms with Gasteiger partial charge in [0.25, 0.3) is 0 Å². The first-order valence-corrected chi connectivity index (χ1v) is 7.79. The van der Waals surface area contributed by atoms with Crippen LogP contribution in [0, 0.1) is 19.7 Å². The van der Waals surface area contributed by atoms with E-state index in [-0.39, 0.29) is 22.2 Å². The van der Waals surface area contributed by atoms with Gasteiger partial charge in [-0.15, -0.1) is 0 Å². The van der Waals surface area contributed by atoms with Gasteiger partial charge >= 0.3 is 0 Å². The molecule has 106 valence electrons. The molecular formula is C15H16FNO2S. The third-order valence-electron chi connectivity index (χ3n) is 3.15. The summed E-state index contributed by atoms with van der Waals surface area (Å²) in [6.07, 6.45) is 0. The fraction of sp³-hybridized carbons (Fsp3) is 0.200. The van der Waals surface area contributed by atoms with Gasteiger partial charge in [-0.05, 0) is 54.8 Å². The minimum atomic E-state index is -3.55. The van der Waals surface area contributed by atoms with Crippen LogP contribution in [0.2, 0.25) is 0 Å². The van der Waals surface area contributed by atoms with Crippen LogP contribution in [0.4, 0.5) is 10.1 Å². The largest absolute Gasteiger partial charge is 0.398 e. The van der Waals surface area contributed by atoms with E-state index >= 15 is 0 Å². The molecule has 0 saturated heterocycles. The summed E-state index contributed by atoms with van der Waals surface area (Å²) in [5.74, 6) is -0.564. The molecule has 0 saturated carbocycles. The molecule has 0 unspecified atom stereocenters. The van der Waals surface area contributed by atoms with E-state index in [9.17, 15) is 12.8 Å². The molecule has 0 spiro atoms. The fourth-order valence-corrected chi connectivity index (χ4v) is 3.70. The Hall–Kier alpha value is -1.88. The lowest BCUT2D eigenvalue weighted by Gasteiger charge is -2.10. The smallest absolute Gasteiger partial charge is 0.184 e. The van der Waals surface area contributed by atoms with E-state index < -0.39 is 9.84 Å². The SMILES string of the molecule is Cc1ccc(N)c(S(=O)(=O)Cc2ccc(F)cc2C)c1. The van der Waals surface area contributed by atoms with Crippen LogP contribution in [0.15, 0.2) is 41.3 Å². The van der Waals surface area contributed by atoms with Gasteiger partial charge in [0.15, 0.2) is 9.84 Å². The van der Waals surface area contributed by atoms with E-state index in [1.807, 2.05) is 6.92 Å². The van der Waals surface area contributed by atoms with Gasteiger partial charge in [-0.3, -0.25) is 0 Å². The molecule has 0 aliphatic carbocycles. The lowest BCUT2D eigenvalue weighted by molar-refractivity contribution is 0.595. The van der Waals surface area contributed by atoms with Crippen LogP contribution < -0.4 is 5.73 Å². The highest BCUT2D eigenvalue weighted by Gasteiger charge is 2.19. The number of anilines is 1. The van der Waals surface area contributed by atoms with Crippen LogP contribution in [-0.2, 0) is 15.6 Å². The van der Waals surface area contributed by atoms with Crippen molar-refractivity contribution >= 4 is 15.5 Å². The van der Waals surface area contributed by atoms with E-state index in [4.69, 9.17) is 5.73 Å². The van der Waals surface area contributed by atoms with Crippen molar-refractivity contribution in [2.24, 2.45) is 0 Å². The van der Waals surface area contributed by atoms with Crippen molar-refractivity contribution in [1.29, 1.82) is 0 Å². The molecule has 5 heteroatoms.